The molecule has 1 rings (SSSR count). The molecule has 1 heterocycles. The number of hydrogen-bond donors (Lipinski definition) is 2. The van der Waals surface area contributed by atoms with Gasteiger partial charge in [0.15, 0.2) is 5.96 Å². The molecule has 0 amide bonds. The minimum Gasteiger partial charge on any atom is -0.357 e. The summed E-state index contributed by atoms with van der Waals surface area (Å²) in [4.78, 5) is 9.26. The van der Waals surface area contributed by atoms with E-state index in [4.69, 9.17) is 0 Å². The van der Waals surface area contributed by atoms with Gasteiger partial charge >= 0.3 is 0 Å². The van der Waals surface area contributed by atoms with Gasteiger partial charge in [0, 0.05) is 23.9 Å². The van der Waals surface area contributed by atoms with Gasteiger partial charge in [-0.2, -0.15) is 0 Å². The minimum absolute atomic E-state index is 0.113. The Morgan fingerprint density at radius 2 is 2.05 bits per heavy atom. The zero-order valence-electron chi connectivity index (χ0n) is 13.4. The summed E-state index contributed by atoms with van der Waals surface area (Å²) in [7, 11) is 0. The molecule has 0 atom stereocenters. The Balaban J connectivity index is 2.59. The molecule has 0 radical (unpaired) electrons. The van der Waals surface area contributed by atoms with Gasteiger partial charge in [0.1, 0.15) is 5.01 Å². The van der Waals surface area contributed by atoms with E-state index in [1.165, 1.54) is 6.42 Å². The van der Waals surface area contributed by atoms with Gasteiger partial charge < -0.3 is 10.6 Å². The van der Waals surface area contributed by atoms with E-state index in [0.29, 0.717) is 6.54 Å². The normalized spacial score (nSPS) is 12.6. The Morgan fingerprint density at radius 3 is 2.60 bits per heavy atom. The molecule has 0 bridgehead atoms. The van der Waals surface area contributed by atoms with Crippen LogP contribution in [-0.2, 0) is 12.0 Å². The number of rotatable bonds is 6. The van der Waals surface area contributed by atoms with Crippen molar-refractivity contribution in [3.8, 4) is 0 Å². The average Bonchev–Trinajstić information content (AvgIpc) is 2.85. The Kier molecular flexibility index (Phi) is 6.99. The predicted octanol–water partition coefficient (Wildman–Crippen LogP) is 3.30. The molecule has 0 aromatic carbocycles. The van der Waals surface area contributed by atoms with Crippen LogP contribution in [0.1, 0.15) is 58.2 Å². The molecule has 2 N–H and O–H groups in total. The number of unbranched alkanes of at least 4 members (excludes halogenated alkanes) is 1. The zero-order chi connectivity index (χ0) is 15.0. The summed E-state index contributed by atoms with van der Waals surface area (Å²) in [5.74, 6) is 0.883. The molecule has 0 unspecified atom stereocenters. The van der Waals surface area contributed by atoms with Crippen LogP contribution < -0.4 is 10.6 Å². The molecule has 1 aromatic rings. The first-order valence-electron chi connectivity index (χ1n) is 7.44. The molecule has 0 saturated heterocycles. The van der Waals surface area contributed by atoms with Crippen LogP contribution in [0.15, 0.2) is 10.4 Å². The van der Waals surface area contributed by atoms with Crippen molar-refractivity contribution < 1.29 is 0 Å². The molecule has 20 heavy (non-hydrogen) atoms. The van der Waals surface area contributed by atoms with E-state index in [1.807, 2.05) is 0 Å². The van der Waals surface area contributed by atoms with E-state index < -0.39 is 0 Å². The lowest BCUT2D eigenvalue weighted by Crippen LogP contribution is -2.37. The predicted molar refractivity (Wildman–Crippen MR) is 88.5 cm³/mol. The highest BCUT2D eigenvalue weighted by Gasteiger charge is 2.17. The van der Waals surface area contributed by atoms with Gasteiger partial charge in [-0.05, 0) is 13.3 Å². The number of aliphatic imine (C=N–C) groups is 1. The highest BCUT2D eigenvalue weighted by molar-refractivity contribution is 7.09. The third-order valence-corrected chi connectivity index (χ3v) is 3.69. The lowest BCUT2D eigenvalue weighted by Gasteiger charge is -2.14. The van der Waals surface area contributed by atoms with E-state index in [2.05, 4.69) is 60.6 Å². The molecule has 0 aliphatic carbocycles. The van der Waals surface area contributed by atoms with Crippen LogP contribution in [0.5, 0.6) is 0 Å². The van der Waals surface area contributed by atoms with E-state index >= 15 is 0 Å². The SMILES string of the molecule is CCCCNC(=NCc1nc(C(C)(C)C)cs1)NCC. The van der Waals surface area contributed by atoms with Gasteiger partial charge in [-0.25, -0.2) is 9.98 Å². The van der Waals surface area contributed by atoms with Crippen LogP contribution in [-0.4, -0.2) is 24.0 Å². The first-order valence-corrected chi connectivity index (χ1v) is 8.32. The number of aromatic nitrogens is 1. The molecule has 0 aliphatic rings. The zero-order valence-corrected chi connectivity index (χ0v) is 14.2. The van der Waals surface area contributed by atoms with E-state index in [-0.39, 0.29) is 5.41 Å². The maximum Gasteiger partial charge on any atom is 0.191 e. The molecule has 1 aromatic heterocycles. The van der Waals surface area contributed by atoms with Crippen LogP contribution in [0.2, 0.25) is 0 Å². The van der Waals surface area contributed by atoms with Crippen molar-refractivity contribution in [1.29, 1.82) is 0 Å². The summed E-state index contributed by atoms with van der Waals surface area (Å²) >= 11 is 1.69. The Morgan fingerprint density at radius 1 is 1.30 bits per heavy atom. The van der Waals surface area contributed by atoms with Crippen LogP contribution in [0.3, 0.4) is 0 Å². The first kappa shape index (κ1) is 17.0. The lowest BCUT2D eigenvalue weighted by molar-refractivity contribution is 0.571. The number of guanidine groups is 1. The van der Waals surface area contributed by atoms with Crippen molar-refractivity contribution in [2.24, 2.45) is 4.99 Å². The Bertz CT molecular complexity index is 418. The van der Waals surface area contributed by atoms with Crippen LogP contribution >= 0.6 is 11.3 Å². The van der Waals surface area contributed by atoms with Crippen LogP contribution in [0.25, 0.3) is 0 Å². The average molecular weight is 296 g/mol. The van der Waals surface area contributed by atoms with Crippen molar-refractivity contribution in [3.05, 3.63) is 16.1 Å². The molecule has 0 aliphatic heterocycles. The van der Waals surface area contributed by atoms with Crippen molar-refractivity contribution >= 4 is 17.3 Å². The third kappa shape index (κ3) is 5.90. The Labute approximate surface area is 127 Å². The van der Waals surface area contributed by atoms with Crippen molar-refractivity contribution in [2.45, 2.75) is 59.4 Å². The highest BCUT2D eigenvalue weighted by atomic mass is 32.1. The summed E-state index contributed by atoms with van der Waals surface area (Å²) in [6.07, 6.45) is 2.35. The molecule has 114 valence electrons. The first-order chi connectivity index (χ1) is 9.47. The van der Waals surface area contributed by atoms with Gasteiger partial charge in [-0.3, -0.25) is 0 Å². The fourth-order valence-electron chi connectivity index (χ4n) is 1.60. The highest BCUT2D eigenvalue weighted by Crippen LogP contribution is 2.24. The summed E-state index contributed by atoms with van der Waals surface area (Å²) in [5, 5.41) is 9.82. The second-order valence-electron chi connectivity index (χ2n) is 5.85. The van der Waals surface area contributed by atoms with E-state index in [9.17, 15) is 0 Å². The van der Waals surface area contributed by atoms with E-state index in [1.54, 1.807) is 11.3 Å². The molecular weight excluding hydrogens is 268 g/mol. The molecule has 4 nitrogen and oxygen atoms in total. The summed E-state index contributed by atoms with van der Waals surface area (Å²) in [6.45, 7) is 13.3. The number of thiazole rings is 1. The van der Waals surface area contributed by atoms with Crippen molar-refractivity contribution in [2.75, 3.05) is 13.1 Å². The second kappa shape index (κ2) is 8.25. The quantitative estimate of drug-likeness (QED) is 0.481. The third-order valence-electron chi connectivity index (χ3n) is 2.86. The molecule has 0 fully saturated rings. The van der Waals surface area contributed by atoms with Gasteiger partial charge in [0.25, 0.3) is 0 Å². The monoisotopic (exact) mass is 296 g/mol. The Hall–Kier alpha value is -1.10. The van der Waals surface area contributed by atoms with Gasteiger partial charge in [0.2, 0.25) is 0 Å². The van der Waals surface area contributed by atoms with Gasteiger partial charge in [-0.1, -0.05) is 34.1 Å². The van der Waals surface area contributed by atoms with Crippen LogP contribution in [0.4, 0.5) is 0 Å². The molecular formula is C15H28N4S. The van der Waals surface area contributed by atoms with Crippen molar-refractivity contribution in [3.63, 3.8) is 0 Å². The maximum atomic E-state index is 4.67. The number of hydrogen-bond acceptors (Lipinski definition) is 3. The fourth-order valence-corrected chi connectivity index (χ4v) is 2.54. The second-order valence-corrected chi connectivity index (χ2v) is 6.79. The van der Waals surface area contributed by atoms with Crippen molar-refractivity contribution in [1.82, 2.24) is 15.6 Å². The topological polar surface area (TPSA) is 49.3 Å². The molecule has 0 saturated carbocycles. The lowest BCUT2D eigenvalue weighted by atomic mass is 9.93. The van der Waals surface area contributed by atoms with Gasteiger partial charge in [0.05, 0.1) is 12.2 Å². The smallest absolute Gasteiger partial charge is 0.191 e. The van der Waals surface area contributed by atoms with E-state index in [0.717, 1.165) is 36.2 Å². The largest absolute Gasteiger partial charge is 0.357 e. The fraction of sp³-hybridized carbons (Fsp3) is 0.733. The standard InChI is InChI=1S/C15H28N4S/c1-6-8-9-17-14(16-7-2)18-10-13-19-12(11-20-13)15(3,4)5/h11H,6-10H2,1-5H3,(H2,16,17,18). The minimum atomic E-state index is 0.113. The number of nitrogens with one attached hydrogen (secondary N) is 2. The summed E-state index contributed by atoms with van der Waals surface area (Å²) in [5.41, 5.74) is 1.26. The summed E-state index contributed by atoms with van der Waals surface area (Å²) < 4.78 is 0. The molecule has 5 heteroatoms. The molecule has 0 spiro atoms. The summed E-state index contributed by atoms with van der Waals surface area (Å²) in [6, 6.07) is 0. The van der Waals surface area contributed by atoms with Gasteiger partial charge in [-0.15, -0.1) is 11.3 Å². The maximum absolute atomic E-state index is 4.67. The van der Waals surface area contributed by atoms with Crippen LogP contribution in [0, 0.1) is 0 Å². The number of nitrogens with zero attached hydrogens (tertiary/aromatic N) is 2.